The van der Waals surface area contributed by atoms with Gasteiger partial charge in [-0.3, -0.25) is 0 Å². The van der Waals surface area contributed by atoms with Gasteiger partial charge in [-0.2, -0.15) is 0 Å². The van der Waals surface area contributed by atoms with Gasteiger partial charge in [-0.1, -0.05) is 13.3 Å². The van der Waals surface area contributed by atoms with E-state index in [1.807, 2.05) is 0 Å². The number of nitrogens with zero attached hydrogens (tertiary/aromatic N) is 1. The molecule has 1 atom stereocenters. The van der Waals surface area contributed by atoms with Crippen LogP contribution in [0.15, 0.2) is 0 Å². The molecule has 0 radical (unpaired) electrons. The zero-order valence-corrected chi connectivity index (χ0v) is 10.5. The molecule has 1 heterocycles. The average Bonchev–Trinajstić information content (AvgIpc) is 2.67. The third kappa shape index (κ3) is 4.84. The van der Waals surface area contributed by atoms with E-state index in [2.05, 4.69) is 19.2 Å². The van der Waals surface area contributed by atoms with Crippen molar-refractivity contribution in [2.75, 3.05) is 26.2 Å². The van der Waals surface area contributed by atoms with Crippen LogP contribution in [0.4, 0.5) is 4.79 Å². The number of cyclic esters (lactones) is 1. The molecular formula is C12H24N2O2. The smallest absolute Gasteiger partial charge is 0.409 e. The van der Waals surface area contributed by atoms with Crippen LogP contribution in [0, 0.1) is 0 Å². The van der Waals surface area contributed by atoms with Gasteiger partial charge in [0.25, 0.3) is 0 Å². The first-order chi connectivity index (χ1) is 7.74. The minimum Gasteiger partial charge on any atom is -0.448 e. The van der Waals surface area contributed by atoms with Crippen molar-refractivity contribution in [2.45, 2.75) is 45.6 Å². The van der Waals surface area contributed by atoms with Crippen LogP contribution in [0.1, 0.15) is 39.5 Å². The summed E-state index contributed by atoms with van der Waals surface area (Å²) in [6, 6.07) is 0.588. The summed E-state index contributed by atoms with van der Waals surface area (Å²) in [5.41, 5.74) is 0. The molecular weight excluding hydrogens is 204 g/mol. The summed E-state index contributed by atoms with van der Waals surface area (Å²) in [6.07, 6.45) is 4.47. The van der Waals surface area contributed by atoms with Crippen LogP contribution < -0.4 is 5.32 Å². The fraction of sp³-hybridized carbons (Fsp3) is 0.917. The van der Waals surface area contributed by atoms with Crippen LogP contribution in [0.25, 0.3) is 0 Å². The highest BCUT2D eigenvalue weighted by Crippen LogP contribution is 2.07. The first-order valence-corrected chi connectivity index (χ1v) is 6.39. The van der Waals surface area contributed by atoms with Crippen molar-refractivity contribution >= 4 is 6.09 Å². The molecule has 1 amide bonds. The van der Waals surface area contributed by atoms with E-state index >= 15 is 0 Å². The molecule has 0 saturated carbocycles. The SMILES string of the molecule is CCCNC(C)CCCCN1CCOC1=O. The van der Waals surface area contributed by atoms with Crippen LogP contribution in [0.3, 0.4) is 0 Å². The number of hydrogen-bond donors (Lipinski definition) is 1. The van der Waals surface area contributed by atoms with E-state index in [0.717, 1.165) is 26.1 Å². The van der Waals surface area contributed by atoms with Gasteiger partial charge in [0.05, 0.1) is 6.54 Å². The number of unbranched alkanes of at least 4 members (excludes halogenated alkanes) is 1. The minimum atomic E-state index is -0.142. The zero-order chi connectivity index (χ0) is 11.8. The number of carbonyl (C=O) groups excluding carboxylic acids is 1. The van der Waals surface area contributed by atoms with E-state index in [1.54, 1.807) is 4.90 Å². The number of carbonyl (C=O) groups is 1. The maximum Gasteiger partial charge on any atom is 0.409 e. The molecule has 1 rings (SSSR count). The quantitative estimate of drug-likeness (QED) is 0.646. The van der Waals surface area contributed by atoms with E-state index in [4.69, 9.17) is 4.74 Å². The summed E-state index contributed by atoms with van der Waals surface area (Å²) in [7, 11) is 0. The predicted molar refractivity (Wildman–Crippen MR) is 64.5 cm³/mol. The van der Waals surface area contributed by atoms with Crippen molar-refractivity contribution in [1.82, 2.24) is 10.2 Å². The van der Waals surface area contributed by atoms with Crippen LogP contribution in [-0.4, -0.2) is 43.3 Å². The van der Waals surface area contributed by atoms with E-state index in [9.17, 15) is 4.79 Å². The van der Waals surface area contributed by atoms with Crippen LogP contribution in [0.2, 0.25) is 0 Å². The third-order valence-electron chi connectivity index (χ3n) is 2.90. The van der Waals surface area contributed by atoms with Crippen molar-refractivity contribution in [3.63, 3.8) is 0 Å². The van der Waals surface area contributed by atoms with Gasteiger partial charge >= 0.3 is 6.09 Å². The lowest BCUT2D eigenvalue weighted by atomic mass is 10.1. The molecule has 4 heteroatoms. The Morgan fingerprint density at radius 3 is 2.94 bits per heavy atom. The van der Waals surface area contributed by atoms with Gasteiger partial charge < -0.3 is 15.0 Å². The summed E-state index contributed by atoms with van der Waals surface area (Å²) in [5.74, 6) is 0. The Labute approximate surface area is 98.3 Å². The number of amides is 1. The molecule has 0 aromatic heterocycles. The van der Waals surface area contributed by atoms with E-state index in [1.165, 1.54) is 19.3 Å². The molecule has 1 fully saturated rings. The van der Waals surface area contributed by atoms with Gasteiger partial charge in [0.2, 0.25) is 0 Å². The van der Waals surface area contributed by atoms with Gasteiger partial charge in [-0.05, 0) is 32.7 Å². The molecule has 1 unspecified atom stereocenters. The molecule has 94 valence electrons. The van der Waals surface area contributed by atoms with Crippen LogP contribution in [-0.2, 0) is 4.74 Å². The molecule has 4 nitrogen and oxygen atoms in total. The molecule has 1 aliphatic rings. The van der Waals surface area contributed by atoms with E-state index in [-0.39, 0.29) is 6.09 Å². The number of ether oxygens (including phenoxy) is 1. The summed E-state index contributed by atoms with van der Waals surface area (Å²) in [5, 5.41) is 3.46. The lowest BCUT2D eigenvalue weighted by Gasteiger charge is -2.15. The predicted octanol–water partition coefficient (Wildman–Crippen LogP) is 2.00. The highest BCUT2D eigenvalue weighted by Gasteiger charge is 2.20. The Morgan fingerprint density at radius 1 is 1.50 bits per heavy atom. The first-order valence-electron chi connectivity index (χ1n) is 6.39. The van der Waals surface area contributed by atoms with Crippen molar-refractivity contribution < 1.29 is 9.53 Å². The second kappa shape index (κ2) is 7.49. The third-order valence-corrected chi connectivity index (χ3v) is 2.90. The van der Waals surface area contributed by atoms with Crippen molar-refractivity contribution in [2.24, 2.45) is 0 Å². The zero-order valence-electron chi connectivity index (χ0n) is 10.5. The second-order valence-corrected chi connectivity index (χ2v) is 4.45. The van der Waals surface area contributed by atoms with Crippen LogP contribution in [0.5, 0.6) is 0 Å². The van der Waals surface area contributed by atoms with Crippen molar-refractivity contribution in [3.8, 4) is 0 Å². The summed E-state index contributed by atoms with van der Waals surface area (Å²) < 4.78 is 4.87. The Bertz CT molecular complexity index is 209. The van der Waals surface area contributed by atoms with E-state index < -0.39 is 0 Å². The minimum absolute atomic E-state index is 0.142. The Kier molecular flexibility index (Phi) is 6.23. The fourth-order valence-corrected chi connectivity index (χ4v) is 1.87. The van der Waals surface area contributed by atoms with Crippen molar-refractivity contribution in [3.05, 3.63) is 0 Å². The van der Waals surface area contributed by atoms with Crippen LogP contribution >= 0.6 is 0 Å². The molecule has 1 aliphatic heterocycles. The summed E-state index contributed by atoms with van der Waals surface area (Å²) in [6.45, 7) is 7.67. The average molecular weight is 228 g/mol. The highest BCUT2D eigenvalue weighted by atomic mass is 16.6. The molecule has 1 N–H and O–H groups in total. The molecule has 0 aliphatic carbocycles. The monoisotopic (exact) mass is 228 g/mol. The standard InChI is InChI=1S/C12H24N2O2/c1-3-7-13-11(2)6-4-5-8-14-9-10-16-12(14)15/h11,13H,3-10H2,1-2H3. The number of rotatable bonds is 8. The summed E-state index contributed by atoms with van der Waals surface area (Å²) >= 11 is 0. The first kappa shape index (κ1) is 13.3. The van der Waals surface area contributed by atoms with Gasteiger partial charge in [0.15, 0.2) is 0 Å². The van der Waals surface area contributed by atoms with Gasteiger partial charge in [-0.15, -0.1) is 0 Å². The Balaban J connectivity index is 1.96. The summed E-state index contributed by atoms with van der Waals surface area (Å²) in [4.78, 5) is 12.9. The highest BCUT2D eigenvalue weighted by molar-refractivity contribution is 5.69. The Hall–Kier alpha value is -0.770. The van der Waals surface area contributed by atoms with Gasteiger partial charge in [-0.25, -0.2) is 4.79 Å². The maximum atomic E-state index is 11.1. The van der Waals surface area contributed by atoms with Gasteiger partial charge in [0.1, 0.15) is 6.61 Å². The normalized spacial score (nSPS) is 17.6. The lowest BCUT2D eigenvalue weighted by molar-refractivity contribution is 0.158. The maximum absolute atomic E-state index is 11.1. The number of nitrogens with one attached hydrogen (secondary N) is 1. The van der Waals surface area contributed by atoms with Crippen molar-refractivity contribution in [1.29, 1.82) is 0 Å². The largest absolute Gasteiger partial charge is 0.448 e. The molecule has 0 spiro atoms. The molecule has 0 bridgehead atoms. The second-order valence-electron chi connectivity index (χ2n) is 4.45. The number of hydrogen-bond acceptors (Lipinski definition) is 3. The fourth-order valence-electron chi connectivity index (χ4n) is 1.87. The van der Waals surface area contributed by atoms with E-state index in [0.29, 0.717) is 12.6 Å². The molecule has 1 saturated heterocycles. The van der Waals surface area contributed by atoms with Gasteiger partial charge in [0, 0.05) is 12.6 Å². The molecule has 0 aromatic carbocycles. The Morgan fingerprint density at radius 2 is 2.31 bits per heavy atom. The molecule has 0 aromatic rings. The topological polar surface area (TPSA) is 41.6 Å². The molecule has 16 heavy (non-hydrogen) atoms. The lowest BCUT2D eigenvalue weighted by Crippen LogP contribution is -2.28.